The Labute approximate surface area is 176 Å². The van der Waals surface area contributed by atoms with Crippen LogP contribution in [-0.4, -0.2) is 26.8 Å². The molecule has 1 unspecified atom stereocenters. The molecule has 0 aliphatic carbocycles. The molecule has 7 heteroatoms. The van der Waals surface area contributed by atoms with Crippen molar-refractivity contribution in [2.24, 2.45) is 7.05 Å². The molecule has 0 fully saturated rings. The van der Waals surface area contributed by atoms with Crippen molar-refractivity contribution >= 4 is 16.9 Å². The Bertz CT molecular complexity index is 1110. The van der Waals surface area contributed by atoms with Crippen molar-refractivity contribution in [3.8, 4) is 5.75 Å². The molecular formula is C23H30N4O3. The van der Waals surface area contributed by atoms with E-state index in [-0.39, 0.29) is 30.0 Å². The Balaban J connectivity index is 1.66. The lowest BCUT2D eigenvalue weighted by Crippen LogP contribution is -2.27. The largest absolute Gasteiger partial charge is 0.491 e. The maximum Gasteiger partial charge on any atom is 0.253 e. The van der Waals surface area contributed by atoms with Gasteiger partial charge in [0.05, 0.1) is 17.8 Å². The van der Waals surface area contributed by atoms with E-state index in [9.17, 15) is 9.59 Å². The number of benzene rings is 1. The predicted octanol–water partition coefficient (Wildman–Crippen LogP) is 3.48. The van der Waals surface area contributed by atoms with Crippen LogP contribution in [0.4, 0.5) is 0 Å². The number of carbonyl (C=O) groups excluding carboxylic acids is 1. The molecule has 1 amide bonds. The minimum atomic E-state index is -0.162. The number of hydrogen-bond acceptors (Lipinski definition) is 4. The first-order valence-corrected chi connectivity index (χ1v) is 10.3. The van der Waals surface area contributed by atoms with Crippen LogP contribution in [0.25, 0.3) is 11.0 Å². The summed E-state index contributed by atoms with van der Waals surface area (Å²) in [6.45, 7) is 9.75. The van der Waals surface area contributed by atoms with Crippen LogP contribution in [0, 0.1) is 13.8 Å². The van der Waals surface area contributed by atoms with Gasteiger partial charge >= 0.3 is 0 Å². The summed E-state index contributed by atoms with van der Waals surface area (Å²) in [4.78, 5) is 27.9. The molecule has 3 rings (SSSR count). The van der Waals surface area contributed by atoms with E-state index in [4.69, 9.17) is 4.74 Å². The summed E-state index contributed by atoms with van der Waals surface area (Å²) in [6, 6.07) is 7.60. The molecule has 1 aromatic carbocycles. The van der Waals surface area contributed by atoms with Crippen LogP contribution in [0.2, 0.25) is 0 Å². The third kappa shape index (κ3) is 4.56. The van der Waals surface area contributed by atoms with Crippen molar-refractivity contribution in [1.29, 1.82) is 0 Å². The van der Waals surface area contributed by atoms with Gasteiger partial charge in [0.1, 0.15) is 11.4 Å². The topological polar surface area (TPSA) is 89.0 Å². The van der Waals surface area contributed by atoms with Crippen molar-refractivity contribution in [3.63, 3.8) is 0 Å². The molecule has 2 heterocycles. The Hall–Kier alpha value is -3.09. The third-order valence-electron chi connectivity index (χ3n) is 5.29. The fraction of sp³-hybridized carbons (Fsp3) is 0.435. The lowest BCUT2D eigenvalue weighted by Gasteiger charge is -2.16. The molecule has 0 saturated carbocycles. The number of pyridine rings is 1. The van der Waals surface area contributed by atoms with Gasteiger partial charge < -0.3 is 15.0 Å². The van der Waals surface area contributed by atoms with Gasteiger partial charge in [0.25, 0.3) is 5.56 Å². The Morgan fingerprint density at radius 2 is 1.87 bits per heavy atom. The summed E-state index contributed by atoms with van der Waals surface area (Å²) in [7, 11) is 1.81. The average molecular weight is 411 g/mol. The van der Waals surface area contributed by atoms with E-state index in [1.807, 2.05) is 58.9 Å². The standard InChI is InChI=1S/C23H30N4O3/c1-13(2)30-18-9-7-17(8-10-18)15(4)24-20(28)12-11-19-14(3)21-16(5)26-27(6)22(21)25-23(19)29/h7-10,13,15H,11-12H2,1-6H3,(H,24,28)(H,25,29). The zero-order chi connectivity index (χ0) is 22.0. The van der Waals surface area contributed by atoms with Gasteiger partial charge in [-0.15, -0.1) is 0 Å². The van der Waals surface area contributed by atoms with Crippen LogP contribution in [0.1, 0.15) is 55.6 Å². The summed E-state index contributed by atoms with van der Waals surface area (Å²) in [5, 5.41) is 8.34. The zero-order valence-corrected chi connectivity index (χ0v) is 18.5. The lowest BCUT2D eigenvalue weighted by molar-refractivity contribution is -0.121. The Morgan fingerprint density at radius 3 is 2.50 bits per heavy atom. The number of aromatic amines is 1. The molecule has 0 saturated heterocycles. The maximum absolute atomic E-state index is 12.5. The second-order valence-electron chi connectivity index (χ2n) is 8.02. The van der Waals surface area contributed by atoms with Crippen LogP contribution in [-0.2, 0) is 18.3 Å². The van der Waals surface area contributed by atoms with Crippen LogP contribution >= 0.6 is 0 Å². The molecule has 30 heavy (non-hydrogen) atoms. The summed E-state index contributed by atoms with van der Waals surface area (Å²) in [6.07, 6.45) is 0.743. The fourth-order valence-corrected chi connectivity index (χ4v) is 3.80. The quantitative estimate of drug-likeness (QED) is 0.624. The summed E-state index contributed by atoms with van der Waals surface area (Å²) in [5.41, 5.74) is 3.94. The molecule has 0 aliphatic heterocycles. The van der Waals surface area contributed by atoms with Crippen molar-refractivity contribution in [1.82, 2.24) is 20.1 Å². The zero-order valence-electron chi connectivity index (χ0n) is 18.5. The van der Waals surface area contributed by atoms with E-state index < -0.39 is 0 Å². The minimum absolute atomic E-state index is 0.0909. The first-order chi connectivity index (χ1) is 14.2. The fourth-order valence-electron chi connectivity index (χ4n) is 3.80. The number of hydrogen-bond donors (Lipinski definition) is 2. The summed E-state index contributed by atoms with van der Waals surface area (Å²) < 4.78 is 7.33. The van der Waals surface area contributed by atoms with E-state index in [2.05, 4.69) is 15.4 Å². The second-order valence-corrected chi connectivity index (χ2v) is 8.02. The number of rotatable bonds is 7. The smallest absolute Gasteiger partial charge is 0.253 e. The van der Waals surface area contributed by atoms with Gasteiger partial charge in [0, 0.05) is 24.4 Å². The van der Waals surface area contributed by atoms with Gasteiger partial charge in [-0.1, -0.05) is 12.1 Å². The highest BCUT2D eigenvalue weighted by molar-refractivity contribution is 5.83. The minimum Gasteiger partial charge on any atom is -0.491 e. The highest BCUT2D eigenvalue weighted by Crippen LogP contribution is 2.22. The number of ether oxygens (including phenoxy) is 1. The molecule has 2 aromatic heterocycles. The SMILES string of the molecule is Cc1nn(C)c2[nH]c(=O)c(CCC(=O)NC(C)c3ccc(OC(C)C)cc3)c(C)c12. The number of fused-ring (bicyclic) bond motifs is 1. The van der Waals surface area contributed by atoms with Crippen molar-refractivity contribution in [2.75, 3.05) is 0 Å². The molecule has 0 spiro atoms. The lowest BCUT2D eigenvalue weighted by atomic mass is 10.0. The normalized spacial score (nSPS) is 12.4. The highest BCUT2D eigenvalue weighted by Gasteiger charge is 2.17. The van der Waals surface area contributed by atoms with E-state index in [1.165, 1.54) is 0 Å². The van der Waals surface area contributed by atoms with Crippen LogP contribution in [0.3, 0.4) is 0 Å². The Kier molecular flexibility index (Phi) is 6.29. The van der Waals surface area contributed by atoms with Crippen LogP contribution in [0.5, 0.6) is 5.75 Å². The van der Waals surface area contributed by atoms with Crippen molar-refractivity contribution in [2.45, 2.75) is 59.6 Å². The molecule has 160 valence electrons. The molecule has 3 aromatic rings. The van der Waals surface area contributed by atoms with Gasteiger partial charge in [0.15, 0.2) is 0 Å². The number of amides is 1. The van der Waals surface area contributed by atoms with E-state index in [0.29, 0.717) is 17.6 Å². The van der Waals surface area contributed by atoms with Crippen molar-refractivity contribution < 1.29 is 9.53 Å². The molecule has 1 atom stereocenters. The van der Waals surface area contributed by atoms with Crippen LogP contribution in [0.15, 0.2) is 29.1 Å². The predicted molar refractivity (Wildman–Crippen MR) is 118 cm³/mol. The molecule has 7 nitrogen and oxygen atoms in total. The maximum atomic E-state index is 12.5. The molecule has 2 N–H and O–H groups in total. The molecule has 0 radical (unpaired) electrons. The number of nitrogens with one attached hydrogen (secondary N) is 2. The molecule has 0 aliphatic rings. The van der Waals surface area contributed by atoms with Gasteiger partial charge in [-0.3, -0.25) is 14.3 Å². The van der Waals surface area contributed by atoms with Crippen molar-refractivity contribution in [3.05, 3.63) is 57.0 Å². The number of H-pyrrole nitrogens is 1. The van der Waals surface area contributed by atoms with Gasteiger partial charge in [0.2, 0.25) is 5.91 Å². The second kappa shape index (κ2) is 8.73. The van der Waals surface area contributed by atoms with Gasteiger partial charge in [-0.05, 0) is 64.3 Å². The molecule has 0 bridgehead atoms. The monoisotopic (exact) mass is 410 g/mol. The van der Waals surface area contributed by atoms with Gasteiger partial charge in [-0.2, -0.15) is 5.10 Å². The molecular weight excluding hydrogens is 380 g/mol. The number of carbonyl (C=O) groups is 1. The number of aryl methyl sites for hydroxylation is 3. The van der Waals surface area contributed by atoms with E-state index in [1.54, 1.807) is 11.7 Å². The number of nitrogens with zero attached hydrogens (tertiary/aromatic N) is 2. The summed E-state index contributed by atoms with van der Waals surface area (Å²) >= 11 is 0. The van der Waals surface area contributed by atoms with E-state index in [0.717, 1.165) is 28.0 Å². The first-order valence-electron chi connectivity index (χ1n) is 10.3. The first kappa shape index (κ1) is 21.6. The average Bonchev–Trinajstić information content (AvgIpc) is 2.95. The van der Waals surface area contributed by atoms with E-state index >= 15 is 0 Å². The Morgan fingerprint density at radius 1 is 1.20 bits per heavy atom. The highest BCUT2D eigenvalue weighted by atomic mass is 16.5. The number of aromatic nitrogens is 3. The summed E-state index contributed by atoms with van der Waals surface area (Å²) in [5.74, 6) is 0.717. The van der Waals surface area contributed by atoms with Crippen LogP contribution < -0.4 is 15.6 Å². The van der Waals surface area contributed by atoms with Gasteiger partial charge in [-0.25, -0.2) is 0 Å². The third-order valence-corrected chi connectivity index (χ3v) is 5.29.